The number of hydrogen-bond acceptors (Lipinski definition) is 2. The molecule has 1 aromatic heterocycles. The van der Waals surface area contributed by atoms with E-state index in [2.05, 4.69) is 23.5 Å². The number of nitrogens with one attached hydrogen (secondary N) is 1. The van der Waals surface area contributed by atoms with Gasteiger partial charge in [-0.1, -0.05) is 42.5 Å². The third-order valence-corrected chi connectivity index (χ3v) is 4.32. The number of carboxylic acids is 1. The quantitative estimate of drug-likeness (QED) is 0.722. The van der Waals surface area contributed by atoms with Gasteiger partial charge in [-0.2, -0.15) is 0 Å². The molecule has 124 valence electrons. The summed E-state index contributed by atoms with van der Waals surface area (Å²) in [7, 11) is 0. The molecule has 0 atom stereocenters. The minimum Gasteiger partial charge on any atom is -0.477 e. The molecular weight excluding hydrogens is 300 g/mol. The van der Waals surface area contributed by atoms with Crippen molar-refractivity contribution in [3.63, 3.8) is 0 Å². The number of fused-ring (bicyclic) bond motifs is 1. The van der Waals surface area contributed by atoms with Crippen molar-refractivity contribution < 1.29 is 9.90 Å². The van der Waals surface area contributed by atoms with Crippen LogP contribution in [0.4, 0.5) is 0 Å². The molecule has 3 rings (SSSR count). The van der Waals surface area contributed by atoms with Gasteiger partial charge in [-0.05, 0) is 31.0 Å². The van der Waals surface area contributed by atoms with E-state index in [0.29, 0.717) is 25.3 Å². The molecule has 3 aromatic rings. The summed E-state index contributed by atoms with van der Waals surface area (Å²) < 4.78 is 1.89. The molecule has 1 heterocycles. The average molecular weight is 322 g/mol. The van der Waals surface area contributed by atoms with Gasteiger partial charge in [-0.3, -0.25) is 0 Å². The van der Waals surface area contributed by atoms with E-state index in [1.54, 1.807) is 0 Å². The fourth-order valence-electron chi connectivity index (χ4n) is 3.21. The number of carboxylic acid groups (broad SMARTS) is 1. The van der Waals surface area contributed by atoms with Crippen molar-refractivity contribution in [1.29, 1.82) is 0 Å². The lowest BCUT2D eigenvalue weighted by molar-refractivity contribution is 0.0684. The lowest BCUT2D eigenvalue weighted by atomic mass is 10.1. The molecule has 0 saturated carbocycles. The van der Waals surface area contributed by atoms with E-state index in [1.165, 1.54) is 5.56 Å². The van der Waals surface area contributed by atoms with E-state index in [4.69, 9.17) is 0 Å². The molecule has 0 saturated heterocycles. The van der Waals surface area contributed by atoms with Crippen LogP contribution in [0.25, 0.3) is 10.9 Å². The summed E-state index contributed by atoms with van der Waals surface area (Å²) in [5, 5.41) is 14.1. The smallest absolute Gasteiger partial charge is 0.352 e. The highest BCUT2D eigenvalue weighted by Gasteiger charge is 2.21. The van der Waals surface area contributed by atoms with Crippen molar-refractivity contribution in [2.24, 2.45) is 0 Å². The number of hydrogen-bond donors (Lipinski definition) is 2. The van der Waals surface area contributed by atoms with E-state index in [9.17, 15) is 9.90 Å². The molecule has 4 heteroatoms. The van der Waals surface area contributed by atoms with Gasteiger partial charge in [0, 0.05) is 36.1 Å². The molecule has 0 bridgehead atoms. The van der Waals surface area contributed by atoms with Crippen molar-refractivity contribution in [3.05, 3.63) is 70.9 Å². The van der Waals surface area contributed by atoms with E-state index in [0.717, 1.165) is 22.0 Å². The topological polar surface area (TPSA) is 54.3 Å². The van der Waals surface area contributed by atoms with Crippen LogP contribution in [-0.4, -0.2) is 15.6 Å². The zero-order chi connectivity index (χ0) is 17.1. The standard InChI is InChI=1S/C20H22N2O2/c1-3-22-18-11-14(2)9-10-16(18)17(19(22)20(23)24)13-21-12-15-7-5-4-6-8-15/h4-11,21H,3,12-13H2,1-2H3,(H,23,24). The van der Waals surface area contributed by atoms with E-state index >= 15 is 0 Å². The maximum atomic E-state index is 11.8. The molecule has 0 aliphatic rings. The summed E-state index contributed by atoms with van der Waals surface area (Å²) in [5.74, 6) is -0.873. The third kappa shape index (κ3) is 3.05. The number of nitrogens with zero attached hydrogens (tertiary/aromatic N) is 1. The number of carbonyl (C=O) groups is 1. The second-order valence-electron chi connectivity index (χ2n) is 5.99. The summed E-state index contributed by atoms with van der Waals surface area (Å²) in [6, 6.07) is 16.2. The van der Waals surface area contributed by atoms with Crippen LogP contribution in [0.15, 0.2) is 48.5 Å². The summed E-state index contributed by atoms with van der Waals surface area (Å²) in [6.45, 7) is 5.89. The van der Waals surface area contributed by atoms with Crippen LogP contribution < -0.4 is 5.32 Å². The lowest BCUT2D eigenvalue weighted by Crippen LogP contribution is -2.16. The van der Waals surface area contributed by atoms with Gasteiger partial charge < -0.3 is 15.0 Å². The number of benzene rings is 2. The van der Waals surface area contributed by atoms with Crippen molar-refractivity contribution in [2.45, 2.75) is 33.5 Å². The van der Waals surface area contributed by atoms with Gasteiger partial charge in [0.1, 0.15) is 5.69 Å². The molecule has 0 aliphatic carbocycles. The number of aryl methyl sites for hydroxylation is 2. The van der Waals surface area contributed by atoms with Crippen molar-refractivity contribution in [2.75, 3.05) is 0 Å². The van der Waals surface area contributed by atoms with Gasteiger partial charge in [0.2, 0.25) is 0 Å². The Morgan fingerprint density at radius 1 is 1.12 bits per heavy atom. The van der Waals surface area contributed by atoms with E-state index in [1.807, 2.05) is 48.7 Å². The predicted molar refractivity (Wildman–Crippen MR) is 96.3 cm³/mol. The maximum absolute atomic E-state index is 11.8. The number of aromatic nitrogens is 1. The molecule has 4 nitrogen and oxygen atoms in total. The molecule has 2 N–H and O–H groups in total. The van der Waals surface area contributed by atoms with Crippen LogP contribution in [0.1, 0.15) is 34.1 Å². The minimum absolute atomic E-state index is 0.388. The van der Waals surface area contributed by atoms with Crippen LogP contribution in [0.5, 0.6) is 0 Å². The van der Waals surface area contributed by atoms with Crippen molar-refractivity contribution in [1.82, 2.24) is 9.88 Å². The molecule has 0 spiro atoms. The monoisotopic (exact) mass is 322 g/mol. The first kappa shape index (κ1) is 16.3. The van der Waals surface area contributed by atoms with Gasteiger partial charge in [-0.25, -0.2) is 4.79 Å². The Balaban J connectivity index is 1.96. The van der Waals surface area contributed by atoms with E-state index in [-0.39, 0.29) is 0 Å². The SMILES string of the molecule is CCn1c(C(=O)O)c(CNCc2ccccc2)c2ccc(C)cc21. The highest BCUT2D eigenvalue weighted by molar-refractivity contribution is 5.98. The lowest BCUT2D eigenvalue weighted by Gasteiger charge is -2.07. The van der Waals surface area contributed by atoms with Crippen LogP contribution in [0, 0.1) is 6.92 Å². The Labute approximate surface area is 141 Å². The maximum Gasteiger partial charge on any atom is 0.352 e. The zero-order valence-corrected chi connectivity index (χ0v) is 14.0. The summed E-state index contributed by atoms with van der Waals surface area (Å²) in [6.07, 6.45) is 0. The molecule has 0 fully saturated rings. The third-order valence-electron chi connectivity index (χ3n) is 4.32. The Morgan fingerprint density at radius 3 is 2.54 bits per heavy atom. The summed E-state index contributed by atoms with van der Waals surface area (Å²) >= 11 is 0. The molecule has 0 radical (unpaired) electrons. The first-order valence-corrected chi connectivity index (χ1v) is 8.21. The van der Waals surface area contributed by atoms with Crippen molar-refractivity contribution >= 4 is 16.9 Å². The molecule has 2 aromatic carbocycles. The van der Waals surface area contributed by atoms with Gasteiger partial charge >= 0.3 is 5.97 Å². The minimum atomic E-state index is -0.873. The Morgan fingerprint density at radius 2 is 1.88 bits per heavy atom. The largest absolute Gasteiger partial charge is 0.477 e. The van der Waals surface area contributed by atoms with Crippen LogP contribution in [0.3, 0.4) is 0 Å². The van der Waals surface area contributed by atoms with Gasteiger partial charge in [0.25, 0.3) is 0 Å². The first-order valence-electron chi connectivity index (χ1n) is 8.21. The summed E-state index contributed by atoms with van der Waals surface area (Å²) in [4.78, 5) is 11.8. The zero-order valence-electron chi connectivity index (χ0n) is 14.0. The average Bonchev–Trinajstić information content (AvgIpc) is 2.89. The second-order valence-corrected chi connectivity index (χ2v) is 5.99. The van der Waals surface area contributed by atoms with Gasteiger partial charge in [-0.15, -0.1) is 0 Å². The first-order chi connectivity index (χ1) is 11.6. The molecule has 0 unspecified atom stereocenters. The Bertz CT molecular complexity index is 866. The molecule has 0 amide bonds. The highest BCUT2D eigenvalue weighted by Crippen LogP contribution is 2.27. The fraction of sp³-hybridized carbons (Fsp3) is 0.250. The molecule has 24 heavy (non-hydrogen) atoms. The molecular formula is C20H22N2O2. The molecule has 0 aliphatic heterocycles. The van der Waals surface area contributed by atoms with Crippen LogP contribution >= 0.6 is 0 Å². The van der Waals surface area contributed by atoms with Crippen LogP contribution in [-0.2, 0) is 19.6 Å². The number of aromatic carboxylic acids is 1. The van der Waals surface area contributed by atoms with E-state index < -0.39 is 5.97 Å². The van der Waals surface area contributed by atoms with Crippen LogP contribution in [0.2, 0.25) is 0 Å². The fourth-order valence-corrected chi connectivity index (χ4v) is 3.21. The highest BCUT2D eigenvalue weighted by atomic mass is 16.4. The van der Waals surface area contributed by atoms with Crippen molar-refractivity contribution in [3.8, 4) is 0 Å². The predicted octanol–water partition coefficient (Wildman–Crippen LogP) is 3.96. The Hall–Kier alpha value is -2.59. The normalized spacial score (nSPS) is 11.1. The van der Waals surface area contributed by atoms with Gasteiger partial charge in [0.15, 0.2) is 0 Å². The second kappa shape index (κ2) is 6.89. The summed E-state index contributed by atoms with van der Waals surface area (Å²) in [5.41, 5.74) is 4.56. The number of rotatable bonds is 6. The van der Waals surface area contributed by atoms with Gasteiger partial charge in [0.05, 0.1) is 0 Å². The Kier molecular flexibility index (Phi) is 4.67.